The van der Waals surface area contributed by atoms with Gasteiger partial charge in [-0.25, -0.2) is 4.98 Å². The maximum atomic E-state index is 4.79. The Morgan fingerprint density at radius 1 is 0.783 bits per heavy atom. The number of rotatable bonds is 2. The van der Waals surface area contributed by atoms with Gasteiger partial charge in [-0.3, -0.25) is 9.97 Å². The first-order valence-corrected chi connectivity index (χ1v) is 7.54. The number of nitrogens with zero attached hydrogens (tertiary/aromatic N) is 3. The number of hydrogen-bond donors (Lipinski definition) is 0. The first-order valence-electron chi connectivity index (χ1n) is 7.54. The van der Waals surface area contributed by atoms with E-state index in [0.29, 0.717) is 0 Å². The largest absolute Gasteiger partial charge is 0.265 e. The predicted molar refractivity (Wildman–Crippen MR) is 92.9 cm³/mol. The van der Waals surface area contributed by atoms with E-state index in [0.717, 1.165) is 39.0 Å². The molecule has 0 amide bonds. The highest BCUT2D eigenvalue weighted by atomic mass is 14.7. The predicted octanol–water partition coefficient (Wildman–Crippen LogP) is 4.67. The van der Waals surface area contributed by atoms with E-state index in [-0.39, 0.29) is 0 Å². The molecule has 1 aromatic carbocycles. The molecule has 3 nitrogen and oxygen atoms in total. The fourth-order valence-corrected chi connectivity index (χ4v) is 2.68. The highest BCUT2D eigenvalue weighted by molar-refractivity contribution is 5.81. The van der Waals surface area contributed by atoms with Crippen LogP contribution in [0.5, 0.6) is 0 Å². The number of pyridine rings is 3. The zero-order valence-electron chi connectivity index (χ0n) is 12.8. The van der Waals surface area contributed by atoms with Gasteiger partial charge in [-0.15, -0.1) is 0 Å². The molecule has 0 saturated carbocycles. The maximum absolute atomic E-state index is 4.79. The van der Waals surface area contributed by atoms with E-state index in [1.807, 2.05) is 49.8 Å². The van der Waals surface area contributed by atoms with Gasteiger partial charge in [-0.05, 0) is 54.4 Å². The topological polar surface area (TPSA) is 38.7 Å². The second-order valence-electron chi connectivity index (χ2n) is 5.53. The lowest BCUT2D eigenvalue weighted by molar-refractivity contribution is 1.21. The number of aromatic nitrogens is 3. The summed E-state index contributed by atoms with van der Waals surface area (Å²) in [5, 5.41) is 1.06. The van der Waals surface area contributed by atoms with Crippen LogP contribution in [0.4, 0.5) is 0 Å². The Labute approximate surface area is 134 Å². The molecule has 3 heteroatoms. The van der Waals surface area contributed by atoms with Crippen molar-refractivity contribution >= 4 is 10.9 Å². The minimum atomic E-state index is 0.971. The summed E-state index contributed by atoms with van der Waals surface area (Å²) < 4.78 is 0. The zero-order chi connectivity index (χ0) is 15.6. The van der Waals surface area contributed by atoms with Crippen molar-refractivity contribution in [2.45, 2.75) is 6.92 Å². The van der Waals surface area contributed by atoms with Gasteiger partial charge < -0.3 is 0 Å². The van der Waals surface area contributed by atoms with Gasteiger partial charge in [-0.2, -0.15) is 0 Å². The number of benzene rings is 1. The van der Waals surface area contributed by atoms with E-state index in [1.54, 1.807) is 0 Å². The van der Waals surface area contributed by atoms with E-state index in [2.05, 4.69) is 40.3 Å². The molecular formula is C20H15N3. The van der Waals surface area contributed by atoms with Crippen LogP contribution in [0.15, 0.2) is 73.2 Å². The third kappa shape index (κ3) is 2.69. The quantitative estimate of drug-likeness (QED) is 0.540. The molecule has 0 aliphatic rings. The van der Waals surface area contributed by atoms with Crippen molar-refractivity contribution in [3.63, 3.8) is 0 Å². The van der Waals surface area contributed by atoms with Crippen LogP contribution in [0, 0.1) is 6.92 Å². The summed E-state index contributed by atoms with van der Waals surface area (Å²) in [6.45, 7) is 1.98. The normalized spacial score (nSPS) is 10.8. The Kier molecular flexibility index (Phi) is 3.31. The van der Waals surface area contributed by atoms with Crippen LogP contribution in [0.1, 0.15) is 5.69 Å². The molecule has 0 atom stereocenters. The molecule has 0 aliphatic carbocycles. The summed E-state index contributed by atoms with van der Waals surface area (Å²) in [5.74, 6) is 0. The molecule has 0 bridgehead atoms. The average molecular weight is 297 g/mol. The fraction of sp³-hybridized carbons (Fsp3) is 0.0500. The number of fused-ring (bicyclic) bond motifs is 1. The molecule has 3 heterocycles. The molecule has 0 radical (unpaired) electrons. The summed E-state index contributed by atoms with van der Waals surface area (Å²) in [6.07, 6.45) is 5.49. The van der Waals surface area contributed by atoms with Gasteiger partial charge in [0.1, 0.15) is 0 Å². The molecule has 0 aliphatic heterocycles. The summed E-state index contributed by atoms with van der Waals surface area (Å²) in [4.78, 5) is 13.2. The summed E-state index contributed by atoms with van der Waals surface area (Å²) in [6, 6.07) is 18.6. The van der Waals surface area contributed by atoms with Crippen LogP contribution in [0.3, 0.4) is 0 Å². The van der Waals surface area contributed by atoms with Crippen LogP contribution in [0.25, 0.3) is 33.3 Å². The Balaban J connectivity index is 1.81. The summed E-state index contributed by atoms with van der Waals surface area (Å²) >= 11 is 0. The number of hydrogen-bond acceptors (Lipinski definition) is 3. The van der Waals surface area contributed by atoms with Crippen molar-refractivity contribution in [1.82, 2.24) is 15.0 Å². The second kappa shape index (κ2) is 5.61. The molecule has 0 unspecified atom stereocenters. The molecule has 110 valence electrons. The highest BCUT2D eigenvalue weighted by Gasteiger charge is 2.04. The minimum absolute atomic E-state index is 0.971. The third-order valence-corrected chi connectivity index (χ3v) is 3.88. The Morgan fingerprint density at radius 2 is 1.61 bits per heavy atom. The minimum Gasteiger partial charge on any atom is -0.265 e. The molecule has 0 spiro atoms. The Hall–Kier alpha value is -3.07. The van der Waals surface area contributed by atoms with Crippen molar-refractivity contribution in [3.05, 3.63) is 78.9 Å². The average Bonchev–Trinajstić information content (AvgIpc) is 2.62. The Bertz CT molecular complexity index is 978. The Morgan fingerprint density at radius 3 is 2.48 bits per heavy atom. The van der Waals surface area contributed by atoms with Gasteiger partial charge >= 0.3 is 0 Å². The van der Waals surface area contributed by atoms with Gasteiger partial charge in [0.15, 0.2) is 0 Å². The van der Waals surface area contributed by atoms with Crippen molar-refractivity contribution < 1.29 is 0 Å². The van der Waals surface area contributed by atoms with Crippen LogP contribution < -0.4 is 0 Å². The van der Waals surface area contributed by atoms with Crippen molar-refractivity contribution in [3.8, 4) is 22.4 Å². The highest BCUT2D eigenvalue weighted by Crippen LogP contribution is 2.26. The van der Waals surface area contributed by atoms with Crippen LogP contribution in [-0.4, -0.2) is 15.0 Å². The monoisotopic (exact) mass is 297 g/mol. The number of aryl methyl sites for hydroxylation is 1. The van der Waals surface area contributed by atoms with Crippen LogP contribution in [0.2, 0.25) is 0 Å². The van der Waals surface area contributed by atoms with E-state index in [4.69, 9.17) is 4.98 Å². The summed E-state index contributed by atoms with van der Waals surface area (Å²) in [5.41, 5.74) is 6.35. The smallest absolute Gasteiger partial charge is 0.0743 e. The first-order chi connectivity index (χ1) is 11.3. The molecule has 0 N–H and O–H groups in total. The van der Waals surface area contributed by atoms with E-state index < -0.39 is 0 Å². The van der Waals surface area contributed by atoms with Gasteiger partial charge in [-0.1, -0.05) is 18.2 Å². The maximum Gasteiger partial charge on any atom is 0.0743 e. The third-order valence-electron chi connectivity index (χ3n) is 3.88. The molecule has 4 aromatic rings. The van der Waals surface area contributed by atoms with E-state index >= 15 is 0 Å². The van der Waals surface area contributed by atoms with Crippen molar-refractivity contribution in [2.75, 3.05) is 0 Å². The van der Waals surface area contributed by atoms with E-state index in [1.165, 1.54) is 0 Å². The first kappa shape index (κ1) is 13.6. The lowest BCUT2D eigenvalue weighted by Gasteiger charge is -2.07. The standard InChI is InChI=1S/C20H15N3/c1-14-11-20-18(13-22-14)5-6-19(23-20)17-4-2-3-16(12-17)15-7-9-21-10-8-15/h2-13H,1H3. The molecule has 0 saturated heterocycles. The zero-order valence-corrected chi connectivity index (χ0v) is 12.8. The van der Waals surface area contributed by atoms with Gasteiger partial charge in [0, 0.05) is 35.2 Å². The SMILES string of the molecule is Cc1cc2nc(-c3cccc(-c4ccncc4)c3)ccc2cn1. The van der Waals surface area contributed by atoms with Gasteiger partial charge in [0.25, 0.3) is 0 Å². The second-order valence-corrected chi connectivity index (χ2v) is 5.53. The van der Waals surface area contributed by atoms with Gasteiger partial charge in [0.2, 0.25) is 0 Å². The molecule has 3 aromatic heterocycles. The van der Waals surface area contributed by atoms with Crippen LogP contribution >= 0.6 is 0 Å². The lowest BCUT2D eigenvalue weighted by Crippen LogP contribution is -1.88. The van der Waals surface area contributed by atoms with Crippen molar-refractivity contribution in [2.24, 2.45) is 0 Å². The molecule has 4 rings (SSSR count). The fourth-order valence-electron chi connectivity index (χ4n) is 2.68. The van der Waals surface area contributed by atoms with Crippen LogP contribution in [-0.2, 0) is 0 Å². The lowest BCUT2D eigenvalue weighted by atomic mass is 10.0. The molecule has 0 fully saturated rings. The van der Waals surface area contributed by atoms with Crippen molar-refractivity contribution in [1.29, 1.82) is 0 Å². The van der Waals surface area contributed by atoms with E-state index in [9.17, 15) is 0 Å². The summed E-state index contributed by atoms with van der Waals surface area (Å²) in [7, 11) is 0. The molecular weight excluding hydrogens is 282 g/mol. The van der Waals surface area contributed by atoms with Gasteiger partial charge in [0.05, 0.1) is 11.2 Å². The molecule has 23 heavy (non-hydrogen) atoms.